The van der Waals surface area contributed by atoms with E-state index in [1.54, 1.807) is 13.8 Å². The SMILES string of the molecule is CC1=C(C)C(=O)OC(C(C)(O)C2CC=C3C4CC=C5CC(OC6OC(COC7OC(CO)C(O)C(O)C7O)C(O)C(O)C6O)CC(=O)C5(C)C4CCC32C)C1. The van der Waals surface area contributed by atoms with Crippen molar-refractivity contribution in [2.75, 3.05) is 13.2 Å². The van der Waals surface area contributed by atoms with Crippen LogP contribution in [0.15, 0.2) is 34.4 Å². The van der Waals surface area contributed by atoms with Gasteiger partial charge in [0.15, 0.2) is 12.6 Å². The zero-order valence-corrected chi connectivity index (χ0v) is 32.1. The van der Waals surface area contributed by atoms with Crippen molar-refractivity contribution in [3.8, 4) is 0 Å². The first-order chi connectivity index (χ1) is 25.8. The Bertz CT molecular complexity index is 1600. The quantitative estimate of drug-likeness (QED) is 0.120. The number of hydrogen-bond donors (Lipinski definition) is 8. The Morgan fingerprint density at radius 3 is 2.18 bits per heavy atom. The van der Waals surface area contributed by atoms with Crippen LogP contribution in [0, 0.1) is 28.6 Å². The number of carbonyl (C=O) groups is 2. The fraction of sp³-hybridized carbons (Fsp3) is 0.800. The van der Waals surface area contributed by atoms with E-state index in [0.717, 1.165) is 24.0 Å². The number of hydrogen-bond acceptors (Lipinski definition) is 15. The molecule has 15 nitrogen and oxygen atoms in total. The third kappa shape index (κ3) is 6.69. The van der Waals surface area contributed by atoms with Crippen LogP contribution >= 0.6 is 0 Å². The molecule has 0 spiro atoms. The maximum Gasteiger partial charge on any atom is 0.334 e. The van der Waals surface area contributed by atoms with Gasteiger partial charge in [-0.15, -0.1) is 0 Å². The number of aliphatic hydroxyl groups excluding tert-OH is 7. The molecule has 55 heavy (non-hydrogen) atoms. The summed E-state index contributed by atoms with van der Waals surface area (Å²) < 4.78 is 28.7. The summed E-state index contributed by atoms with van der Waals surface area (Å²) in [5.41, 5.74) is 1.36. The van der Waals surface area contributed by atoms with Crippen molar-refractivity contribution in [3.05, 3.63) is 34.4 Å². The molecule has 0 amide bonds. The van der Waals surface area contributed by atoms with E-state index in [1.807, 2.05) is 13.8 Å². The smallest absolute Gasteiger partial charge is 0.334 e. The van der Waals surface area contributed by atoms with Crippen LogP contribution in [0.1, 0.15) is 79.6 Å². The molecule has 3 heterocycles. The van der Waals surface area contributed by atoms with Crippen molar-refractivity contribution in [1.29, 1.82) is 0 Å². The second-order valence-electron chi connectivity index (χ2n) is 17.6. The lowest BCUT2D eigenvalue weighted by Crippen LogP contribution is -2.62. The van der Waals surface area contributed by atoms with Crippen molar-refractivity contribution < 1.29 is 74.1 Å². The maximum absolute atomic E-state index is 14.3. The zero-order valence-electron chi connectivity index (χ0n) is 32.1. The van der Waals surface area contributed by atoms with Gasteiger partial charge < -0.3 is 64.5 Å². The summed E-state index contributed by atoms with van der Waals surface area (Å²) in [6.07, 6.45) is -8.63. The molecule has 3 aliphatic heterocycles. The highest BCUT2D eigenvalue weighted by Gasteiger charge is 2.62. The summed E-state index contributed by atoms with van der Waals surface area (Å²) in [6.45, 7) is 8.52. The molecule has 0 radical (unpaired) electrons. The van der Waals surface area contributed by atoms with Crippen LogP contribution in [0.4, 0.5) is 0 Å². The van der Waals surface area contributed by atoms with Gasteiger partial charge >= 0.3 is 5.97 Å². The molecule has 7 aliphatic rings. The fourth-order valence-electron chi connectivity index (χ4n) is 11.0. The van der Waals surface area contributed by atoms with Gasteiger partial charge in [-0.3, -0.25) is 4.79 Å². The minimum Gasteiger partial charge on any atom is -0.456 e. The van der Waals surface area contributed by atoms with E-state index in [0.29, 0.717) is 31.3 Å². The molecule has 7 rings (SSSR count). The Kier molecular flexibility index (Phi) is 11.1. The molecule has 18 atom stereocenters. The molecule has 4 aliphatic carbocycles. The number of allylic oxidation sites excluding steroid dienone is 3. The maximum atomic E-state index is 14.3. The molecule has 308 valence electrons. The van der Waals surface area contributed by atoms with Gasteiger partial charge in [0.1, 0.15) is 66.3 Å². The minimum atomic E-state index is -1.71. The third-order valence-corrected chi connectivity index (χ3v) is 14.6. The standard InChI is InChI=1S/C40H58O15/c1-17-12-28(55-35(49)18(17)2)40(5,50)26-9-8-22-21-7-6-19-13-20(14-27(42)39(19,4)23(21)10-11-38(22,26)3)52-37-34(48)32(46)30(44)25(54-37)16-51-36-33(47)31(45)29(43)24(15-41)53-36/h6,8,20-21,23-26,28-34,36-37,41,43-48,50H,7,9-16H2,1-5H3. The topological polar surface area (TPSA) is 242 Å². The molecular formula is C40H58O15. The van der Waals surface area contributed by atoms with E-state index in [4.69, 9.17) is 23.7 Å². The Morgan fingerprint density at radius 2 is 1.51 bits per heavy atom. The van der Waals surface area contributed by atoms with Crippen LogP contribution < -0.4 is 0 Å². The van der Waals surface area contributed by atoms with Gasteiger partial charge in [0.05, 0.1) is 24.7 Å². The lowest BCUT2D eigenvalue weighted by Gasteiger charge is -2.57. The molecule has 18 unspecified atom stereocenters. The first-order valence-corrected chi connectivity index (χ1v) is 19.6. The highest BCUT2D eigenvalue weighted by Crippen LogP contribution is 2.65. The van der Waals surface area contributed by atoms with Gasteiger partial charge in [0.2, 0.25) is 0 Å². The van der Waals surface area contributed by atoms with E-state index < -0.39 is 97.8 Å². The van der Waals surface area contributed by atoms with Crippen LogP contribution in [0.3, 0.4) is 0 Å². The van der Waals surface area contributed by atoms with E-state index in [-0.39, 0.29) is 41.3 Å². The molecule has 8 N–H and O–H groups in total. The first kappa shape index (κ1) is 41.1. The largest absolute Gasteiger partial charge is 0.456 e. The van der Waals surface area contributed by atoms with Crippen molar-refractivity contribution >= 4 is 11.8 Å². The molecule has 2 saturated heterocycles. The Morgan fingerprint density at radius 1 is 0.855 bits per heavy atom. The monoisotopic (exact) mass is 778 g/mol. The number of rotatable bonds is 8. The molecule has 15 heteroatoms. The predicted octanol–water partition coefficient (Wildman–Crippen LogP) is 0.0767. The molecule has 0 bridgehead atoms. The van der Waals surface area contributed by atoms with Gasteiger partial charge in [-0.25, -0.2) is 4.79 Å². The van der Waals surface area contributed by atoms with Crippen LogP contribution in [-0.2, 0) is 33.3 Å². The molecule has 0 aromatic carbocycles. The van der Waals surface area contributed by atoms with Gasteiger partial charge in [-0.2, -0.15) is 0 Å². The number of ketones is 1. The lowest BCUT2D eigenvalue weighted by molar-refractivity contribution is -0.336. The second-order valence-corrected chi connectivity index (χ2v) is 17.6. The molecule has 0 aromatic rings. The number of esters is 1. The first-order valence-electron chi connectivity index (χ1n) is 19.6. The number of aliphatic hydroxyl groups is 8. The average Bonchev–Trinajstić information content (AvgIpc) is 3.51. The number of carbonyl (C=O) groups excluding carboxylic acids is 2. The highest BCUT2D eigenvalue weighted by atomic mass is 16.7. The number of cyclic esters (lactones) is 1. The van der Waals surface area contributed by atoms with Gasteiger partial charge in [0.25, 0.3) is 0 Å². The van der Waals surface area contributed by atoms with Crippen molar-refractivity contribution in [1.82, 2.24) is 0 Å². The average molecular weight is 779 g/mol. The van der Waals surface area contributed by atoms with E-state index in [9.17, 15) is 50.4 Å². The number of Topliss-reactive ketones (excluding diaryl/α,β-unsaturated/α-hetero) is 1. The number of fused-ring (bicyclic) bond motifs is 5. The van der Waals surface area contributed by atoms with Crippen molar-refractivity contribution in [2.45, 2.75) is 159 Å². The summed E-state index contributed by atoms with van der Waals surface area (Å²) in [5, 5.41) is 84.3. The zero-order chi connectivity index (χ0) is 39.9. The molecule has 4 fully saturated rings. The summed E-state index contributed by atoms with van der Waals surface area (Å²) in [6, 6.07) is 0. The van der Waals surface area contributed by atoms with E-state index in [1.165, 1.54) is 5.57 Å². The Balaban J connectivity index is 1.02. The summed E-state index contributed by atoms with van der Waals surface area (Å²) >= 11 is 0. The van der Waals surface area contributed by atoms with Gasteiger partial charge in [-0.1, -0.05) is 35.8 Å². The summed E-state index contributed by atoms with van der Waals surface area (Å²) in [4.78, 5) is 26.9. The third-order valence-electron chi connectivity index (χ3n) is 14.6. The normalized spacial score (nSPS) is 48.6. The molecule has 0 aromatic heterocycles. The second kappa shape index (κ2) is 14.9. The van der Waals surface area contributed by atoms with Crippen molar-refractivity contribution in [2.24, 2.45) is 28.6 Å². The minimum absolute atomic E-state index is 0.00409. The predicted molar refractivity (Wildman–Crippen MR) is 190 cm³/mol. The fourth-order valence-corrected chi connectivity index (χ4v) is 11.0. The highest BCUT2D eigenvalue weighted by molar-refractivity contribution is 5.90. The van der Waals surface area contributed by atoms with Crippen LogP contribution in [0.2, 0.25) is 0 Å². The lowest BCUT2D eigenvalue weighted by atomic mass is 9.47. The Hall–Kier alpha value is -2.12. The Labute approximate surface area is 320 Å². The summed E-state index contributed by atoms with van der Waals surface area (Å²) in [5.74, 6) is -0.432. The van der Waals surface area contributed by atoms with Crippen LogP contribution in [-0.4, -0.2) is 145 Å². The van der Waals surface area contributed by atoms with Crippen LogP contribution in [0.5, 0.6) is 0 Å². The number of ether oxygens (including phenoxy) is 5. The van der Waals surface area contributed by atoms with Crippen molar-refractivity contribution in [3.63, 3.8) is 0 Å². The van der Waals surface area contributed by atoms with Crippen LogP contribution in [0.25, 0.3) is 0 Å². The van der Waals surface area contributed by atoms with E-state index >= 15 is 0 Å². The van der Waals surface area contributed by atoms with Gasteiger partial charge in [-0.05, 0) is 77.0 Å². The molecular weight excluding hydrogens is 720 g/mol. The molecule has 2 saturated carbocycles. The summed E-state index contributed by atoms with van der Waals surface area (Å²) in [7, 11) is 0. The van der Waals surface area contributed by atoms with E-state index in [2.05, 4.69) is 19.1 Å². The van der Waals surface area contributed by atoms with Gasteiger partial charge in [0, 0.05) is 24.3 Å².